The van der Waals surface area contributed by atoms with Gasteiger partial charge >= 0.3 is 43.8 Å². The minimum Gasteiger partial charge on any atom is -0.0622 e. The van der Waals surface area contributed by atoms with Crippen LogP contribution in [0.1, 0.15) is 20.8 Å². The summed E-state index contributed by atoms with van der Waals surface area (Å²) in [6, 6.07) is 32.3. The molecule has 0 saturated heterocycles. The average Bonchev–Trinajstić information content (AvgIpc) is 2.97. The van der Waals surface area contributed by atoms with Crippen molar-refractivity contribution in [2.24, 2.45) is 5.92 Å². The summed E-state index contributed by atoms with van der Waals surface area (Å²) in [6.07, 6.45) is 8.71. The van der Waals surface area contributed by atoms with Crippen LogP contribution in [-0.4, -0.2) is 18.5 Å². The Labute approximate surface area is 258 Å². The van der Waals surface area contributed by atoms with E-state index in [9.17, 15) is 13.2 Å². The van der Waals surface area contributed by atoms with Crippen LogP contribution >= 0.6 is 17.6 Å². The van der Waals surface area contributed by atoms with Crippen LogP contribution in [0.5, 0.6) is 0 Å². The summed E-state index contributed by atoms with van der Waals surface area (Å²) >= 11 is 1.82. The van der Waals surface area contributed by atoms with Gasteiger partial charge in [-0.25, -0.2) is 8.42 Å². The number of alkyl halides is 3. The number of rotatable bonds is 4. The molecule has 11 heteroatoms. The van der Waals surface area contributed by atoms with Gasteiger partial charge in [0.15, 0.2) is 10.1 Å². The summed E-state index contributed by atoms with van der Waals surface area (Å²) in [4.78, 5) is 0. The molecule has 0 bridgehead atoms. The van der Waals surface area contributed by atoms with Crippen molar-refractivity contribution in [1.29, 1.82) is 0 Å². The van der Waals surface area contributed by atoms with E-state index < -0.39 is 23.5 Å². The van der Waals surface area contributed by atoms with Crippen LogP contribution in [0.25, 0.3) is 0 Å². The maximum atomic E-state index is 10.7. The summed E-state index contributed by atoms with van der Waals surface area (Å²) in [5.74, 6) is 3.41. The summed E-state index contributed by atoms with van der Waals surface area (Å²) in [5, 5.41) is 4.19. The second kappa shape index (κ2) is 21.2. The first-order valence-corrected chi connectivity index (χ1v) is 16.8. The number of hydrogen-bond donors (Lipinski definition) is 0. The van der Waals surface area contributed by atoms with Crippen LogP contribution in [0.3, 0.4) is 0 Å². The molecule has 0 N–H and O–H groups in total. The van der Waals surface area contributed by atoms with E-state index in [-0.39, 0.29) is 0 Å². The fourth-order valence-corrected chi connectivity index (χ4v) is 5.44. The van der Waals surface area contributed by atoms with E-state index in [1.54, 1.807) is 0 Å². The van der Waals surface area contributed by atoms with Crippen molar-refractivity contribution in [3.05, 3.63) is 135 Å². The molecule has 41 heavy (non-hydrogen) atoms. The molecule has 0 unspecified atom stereocenters. The third-order valence-electron chi connectivity index (χ3n) is 5.07. The standard InChI is InChI=1S/C18H15P.C10H14.CHF3O3S.CO.ClH.Ru/c1-4-10-16(11-5-1)19(17-12-6-2-7-13-17)18-14-8-3-9-15-18;1-8(2)10-6-4-9(3)5-7-10;2-1(3,4)8(5,6)7;1-2;;/h1-15H;4-8H,1-3H3;(H,5,6,7);;1H;/q;;;;;+2/p-2. The van der Waals surface area contributed by atoms with Crippen LogP contribution < -0.4 is 15.9 Å². The van der Waals surface area contributed by atoms with E-state index >= 15 is 0 Å². The smallest absolute Gasteiger partial charge is 0.0134 e. The number of benzene rings is 3. The van der Waals surface area contributed by atoms with E-state index in [2.05, 4.69) is 154 Å². The molecule has 0 spiro atoms. The van der Waals surface area contributed by atoms with Crippen molar-refractivity contribution in [3.8, 4) is 0 Å². The normalized spacial score (nSPS) is 13.7. The molecule has 1 saturated carbocycles. The van der Waals surface area contributed by atoms with Crippen LogP contribution in [-0.2, 0) is 32.1 Å². The SMILES string of the molecule is C[C]1[CH][CH][C](C(C)C)[CH][CH]1.O=S(=O)([O-])C(F)(F)F.[C-]#[O+].[Cl][Ru+].c1ccc(P(c2ccccc2)c2ccccc2)cc1. The van der Waals surface area contributed by atoms with Crippen LogP contribution in [0.2, 0.25) is 0 Å². The van der Waals surface area contributed by atoms with Gasteiger partial charge in [0.1, 0.15) is 0 Å². The molecule has 0 amide bonds. The first kappa shape index (κ1) is 39.4. The minimum atomic E-state index is -6.09. The molecule has 1 aliphatic rings. The van der Waals surface area contributed by atoms with Gasteiger partial charge in [-0.15, -0.1) is 0 Å². The summed E-state index contributed by atoms with van der Waals surface area (Å²) in [7, 11) is -1.97. The third-order valence-corrected chi connectivity index (χ3v) is 8.08. The van der Waals surface area contributed by atoms with Crippen LogP contribution in [0.15, 0.2) is 91.0 Å². The zero-order valence-electron chi connectivity index (χ0n) is 22.4. The molecular formula is C30H29ClF3O4PRuS. The Balaban J connectivity index is 0.000000616. The van der Waals surface area contributed by atoms with Crippen molar-refractivity contribution < 1.29 is 48.1 Å². The molecule has 0 aliphatic heterocycles. The van der Waals surface area contributed by atoms with E-state index in [1.165, 1.54) is 27.7 Å². The molecule has 0 heterocycles. The third kappa shape index (κ3) is 15.5. The first-order chi connectivity index (χ1) is 19.4. The Bertz CT molecular complexity index is 1100. The van der Waals surface area contributed by atoms with Crippen LogP contribution in [0.4, 0.5) is 13.2 Å². The second-order valence-electron chi connectivity index (χ2n) is 8.31. The Kier molecular flexibility index (Phi) is 20.4. The molecule has 3 aromatic carbocycles. The average molecular weight is 710 g/mol. The number of hydrogen-bond acceptors (Lipinski definition) is 3. The van der Waals surface area contributed by atoms with Crippen molar-refractivity contribution in [2.75, 3.05) is 0 Å². The van der Waals surface area contributed by atoms with Gasteiger partial charge < -0.3 is 4.55 Å². The van der Waals surface area contributed by atoms with E-state index in [0.29, 0.717) is 5.92 Å². The van der Waals surface area contributed by atoms with Crippen molar-refractivity contribution in [3.63, 3.8) is 0 Å². The number of halogens is 4. The molecule has 0 aromatic heterocycles. The molecule has 220 valence electrons. The zero-order chi connectivity index (χ0) is 31.5. The quantitative estimate of drug-likeness (QED) is 0.0748. The Morgan fingerprint density at radius 1 is 0.756 bits per heavy atom. The Morgan fingerprint density at radius 3 is 1.24 bits per heavy atom. The maximum Gasteiger partial charge on any atom is -0.0134 e. The van der Waals surface area contributed by atoms with Gasteiger partial charge in [-0.3, -0.25) is 0 Å². The molecule has 4 nitrogen and oxygen atoms in total. The predicted molar refractivity (Wildman–Crippen MR) is 155 cm³/mol. The molecule has 6 radical (unpaired) electrons. The summed E-state index contributed by atoms with van der Waals surface area (Å²) in [6.45, 7) is 11.0. The Hall–Kier alpha value is -1.56. The van der Waals surface area contributed by atoms with E-state index in [0.717, 1.165) is 0 Å². The fraction of sp³-hybridized carbons (Fsp3) is 0.167. The van der Waals surface area contributed by atoms with Crippen molar-refractivity contribution in [2.45, 2.75) is 26.3 Å². The molecule has 4 rings (SSSR count). The van der Waals surface area contributed by atoms with Gasteiger partial charge in [-0.1, -0.05) is 112 Å². The molecular weight excluding hydrogens is 681 g/mol. The first-order valence-electron chi connectivity index (χ1n) is 11.8. The molecule has 1 aliphatic carbocycles. The van der Waals surface area contributed by atoms with Gasteiger partial charge in [0, 0.05) is 0 Å². The zero-order valence-corrected chi connectivity index (χ0v) is 26.6. The van der Waals surface area contributed by atoms with E-state index in [1.807, 2.05) is 17.3 Å². The maximum absolute atomic E-state index is 10.7. The van der Waals surface area contributed by atoms with Crippen molar-refractivity contribution >= 4 is 43.6 Å². The summed E-state index contributed by atoms with van der Waals surface area (Å²) < 4.78 is 66.4. The minimum absolute atomic E-state index is 0.446. The van der Waals surface area contributed by atoms with Gasteiger partial charge in [0.25, 0.3) is 0 Å². The van der Waals surface area contributed by atoms with Gasteiger partial charge in [-0.05, 0) is 67.3 Å². The molecule has 1 fully saturated rings. The van der Waals surface area contributed by atoms with Gasteiger partial charge in [0.2, 0.25) is 0 Å². The Morgan fingerprint density at radius 2 is 1.02 bits per heavy atom. The summed E-state index contributed by atoms with van der Waals surface area (Å²) in [5.41, 5.74) is -5.65. The van der Waals surface area contributed by atoms with Gasteiger partial charge in [0.05, 0.1) is 0 Å². The topological polar surface area (TPSA) is 77.1 Å². The molecule has 0 atom stereocenters. The van der Waals surface area contributed by atoms with Crippen molar-refractivity contribution in [1.82, 2.24) is 0 Å². The fourth-order valence-electron chi connectivity index (χ4n) is 3.13. The van der Waals surface area contributed by atoms with Gasteiger partial charge in [-0.2, -0.15) is 13.2 Å². The van der Waals surface area contributed by atoms with E-state index in [4.69, 9.17) is 17.6 Å². The van der Waals surface area contributed by atoms with Crippen LogP contribution in [0, 0.1) is 50.1 Å². The monoisotopic (exact) mass is 710 g/mol. The molecule has 3 aromatic rings. The largest absolute Gasteiger partial charge is 0.0622 e. The second-order valence-corrected chi connectivity index (χ2v) is 11.9. The predicted octanol–water partition coefficient (Wildman–Crippen LogP) is 6.79.